The lowest BCUT2D eigenvalue weighted by Gasteiger charge is -2.21. The molecule has 1 aliphatic carbocycles. The van der Waals surface area contributed by atoms with Crippen LogP contribution in [0, 0.1) is 12.0 Å². The number of hydrogen-bond acceptors (Lipinski definition) is 3. The van der Waals surface area contributed by atoms with Crippen LogP contribution >= 0.6 is 0 Å². The van der Waals surface area contributed by atoms with E-state index in [0.717, 1.165) is 42.6 Å². The number of methoxy groups -OCH3 is 1. The van der Waals surface area contributed by atoms with E-state index in [1.807, 2.05) is 30.3 Å². The summed E-state index contributed by atoms with van der Waals surface area (Å²) in [4.78, 5) is 0.409. The first-order valence-electron chi connectivity index (χ1n) is 8.48. The van der Waals surface area contributed by atoms with Crippen molar-refractivity contribution in [1.82, 2.24) is 0 Å². The molecule has 3 rings (SSSR count). The first kappa shape index (κ1) is 17.0. The number of ether oxygens (including phenoxy) is 1. The van der Waals surface area contributed by atoms with Crippen molar-refractivity contribution >= 4 is 9.84 Å². The molecule has 1 saturated carbocycles. The van der Waals surface area contributed by atoms with Crippen molar-refractivity contribution < 1.29 is 13.2 Å². The molecule has 0 spiro atoms. The van der Waals surface area contributed by atoms with E-state index in [4.69, 9.17) is 4.74 Å². The Balaban J connectivity index is 1.80. The molecule has 0 heterocycles. The van der Waals surface area contributed by atoms with Crippen molar-refractivity contribution in [3.8, 4) is 16.9 Å². The summed E-state index contributed by atoms with van der Waals surface area (Å²) in [5.41, 5.74) is 1.75. The molecule has 2 aromatic rings. The van der Waals surface area contributed by atoms with Gasteiger partial charge in [0, 0.05) is 5.56 Å². The minimum absolute atomic E-state index is 0.271. The van der Waals surface area contributed by atoms with Crippen molar-refractivity contribution in [2.24, 2.45) is 5.92 Å². The molecular weight excluding hydrogens is 320 g/mol. The molecule has 1 radical (unpaired) electrons. The second kappa shape index (κ2) is 7.39. The van der Waals surface area contributed by atoms with Gasteiger partial charge in [-0.1, -0.05) is 43.5 Å². The lowest BCUT2D eigenvalue weighted by Crippen LogP contribution is -2.18. The standard InChI is InChI=1S/C20H23O3S/c1-23-20-10-6-5-9-19(20)17-11-13-18(14-12-17)24(21,22)15-16-7-3-2-4-8-16/h5-6,10-14,16H,2-4,7-8,15H2,1H3. The quantitative estimate of drug-likeness (QED) is 0.802. The van der Waals surface area contributed by atoms with E-state index in [1.54, 1.807) is 19.2 Å². The zero-order valence-electron chi connectivity index (χ0n) is 14.0. The summed E-state index contributed by atoms with van der Waals surface area (Å²) in [5.74, 6) is 1.31. The molecule has 2 aromatic carbocycles. The molecule has 1 aliphatic rings. The maximum absolute atomic E-state index is 12.6. The minimum Gasteiger partial charge on any atom is -0.496 e. The highest BCUT2D eigenvalue weighted by Crippen LogP contribution is 2.31. The SMILES string of the molecule is COc1ccc[c]c1-c1ccc(S(=O)(=O)CC2CCCCC2)cc1. The van der Waals surface area contributed by atoms with Gasteiger partial charge >= 0.3 is 0 Å². The Labute approximate surface area is 144 Å². The van der Waals surface area contributed by atoms with Gasteiger partial charge in [0.25, 0.3) is 0 Å². The van der Waals surface area contributed by atoms with Gasteiger partial charge in [0.2, 0.25) is 0 Å². The average molecular weight is 343 g/mol. The van der Waals surface area contributed by atoms with Crippen molar-refractivity contribution in [2.45, 2.75) is 37.0 Å². The summed E-state index contributed by atoms with van der Waals surface area (Å²) in [5, 5.41) is 0. The third kappa shape index (κ3) is 3.81. The molecule has 0 aliphatic heterocycles. The number of sulfone groups is 1. The van der Waals surface area contributed by atoms with Crippen molar-refractivity contribution in [3.63, 3.8) is 0 Å². The largest absolute Gasteiger partial charge is 0.496 e. The summed E-state index contributed by atoms with van der Waals surface area (Å²) in [6, 6.07) is 15.8. The van der Waals surface area contributed by atoms with Crippen LogP contribution in [-0.2, 0) is 9.84 Å². The Morgan fingerprint density at radius 3 is 2.46 bits per heavy atom. The number of hydrogen-bond donors (Lipinski definition) is 0. The Kier molecular flexibility index (Phi) is 5.24. The summed E-state index contributed by atoms with van der Waals surface area (Å²) < 4.78 is 30.6. The predicted octanol–water partition coefficient (Wildman–Crippen LogP) is 4.52. The lowest BCUT2D eigenvalue weighted by atomic mass is 9.91. The fourth-order valence-corrected chi connectivity index (χ4v) is 5.10. The average Bonchev–Trinajstić information content (AvgIpc) is 2.62. The van der Waals surface area contributed by atoms with Gasteiger partial charge in [-0.05, 0) is 48.6 Å². The van der Waals surface area contributed by atoms with E-state index in [0.29, 0.717) is 10.8 Å². The topological polar surface area (TPSA) is 43.4 Å². The van der Waals surface area contributed by atoms with E-state index in [9.17, 15) is 8.42 Å². The van der Waals surface area contributed by atoms with Crippen molar-refractivity contribution in [3.05, 3.63) is 48.5 Å². The molecule has 1 fully saturated rings. The second-order valence-corrected chi connectivity index (χ2v) is 8.46. The molecule has 24 heavy (non-hydrogen) atoms. The van der Waals surface area contributed by atoms with Crippen LogP contribution in [0.5, 0.6) is 5.75 Å². The normalized spacial score (nSPS) is 16.0. The molecular formula is C20H23O3S. The van der Waals surface area contributed by atoms with E-state index < -0.39 is 9.84 Å². The van der Waals surface area contributed by atoms with Crippen LogP contribution in [0.2, 0.25) is 0 Å². The molecule has 0 unspecified atom stereocenters. The Morgan fingerprint density at radius 1 is 1.08 bits per heavy atom. The monoisotopic (exact) mass is 343 g/mol. The van der Waals surface area contributed by atoms with Crippen LogP contribution in [0.1, 0.15) is 32.1 Å². The fourth-order valence-electron chi connectivity index (χ4n) is 3.41. The first-order chi connectivity index (χ1) is 11.6. The fraction of sp³-hybridized carbons (Fsp3) is 0.400. The molecule has 3 nitrogen and oxygen atoms in total. The van der Waals surface area contributed by atoms with Crippen LogP contribution in [0.3, 0.4) is 0 Å². The zero-order chi connectivity index (χ0) is 17.0. The van der Waals surface area contributed by atoms with Gasteiger partial charge in [-0.2, -0.15) is 0 Å². The van der Waals surface area contributed by atoms with Crippen LogP contribution in [-0.4, -0.2) is 21.3 Å². The molecule has 0 bridgehead atoms. The number of benzene rings is 2. The van der Waals surface area contributed by atoms with E-state index in [2.05, 4.69) is 6.07 Å². The molecule has 4 heteroatoms. The van der Waals surface area contributed by atoms with Gasteiger partial charge in [-0.25, -0.2) is 8.42 Å². The summed E-state index contributed by atoms with van der Waals surface area (Å²) in [6.07, 6.45) is 5.62. The van der Waals surface area contributed by atoms with E-state index >= 15 is 0 Å². The van der Waals surface area contributed by atoms with Gasteiger partial charge in [0.15, 0.2) is 9.84 Å². The van der Waals surface area contributed by atoms with Gasteiger partial charge < -0.3 is 4.74 Å². The Bertz CT molecular complexity index is 773. The Morgan fingerprint density at radius 2 is 1.79 bits per heavy atom. The second-order valence-electron chi connectivity index (χ2n) is 6.42. The highest BCUT2D eigenvalue weighted by atomic mass is 32.2. The maximum Gasteiger partial charge on any atom is 0.178 e. The van der Waals surface area contributed by atoms with Crippen LogP contribution in [0.4, 0.5) is 0 Å². The van der Waals surface area contributed by atoms with Crippen molar-refractivity contribution in [1.29, 1.82) is 0 Å². The lowest BCUT2D eigenvalue weighted by molar-refractivity contribution is 0.385. The highest BCUT2D eigenvalue weighted by molar-refractivity contribution is 7.91. The van der Waals surface area contributed by atoms with E-state index in [1.165, 1.54) is 6.42 Å². The smallest absolute Gasteiger partial charge is 0.178 e. The summed E-state index contributed by atoms with van der Waals surface area (Å²) in [6.45, 7) is 0. The molecule has 0 saturated heterocycles. The number of rotatable bonds is 5. The van der Waals surface area contributed by atoms with Crippen LogP contribution in [0.25, 0.3) is 11.1 Å². The van der Waals surface area contributed by atoms with Gasteiger partial charge in [0.05, 0.1) is 17.8 Å². The summed E-state index contributed by atoms with van der Waals surface area (Å²) >= 11 is 0. The highest BCUT2D eigenvalue weighted by Gasteiger charge is 2.23. The minimum atomic E-state index is -3.22. The maximum atomic E-state index is 12.6. The van der Waals surface area contributed by atoms with Gasteiger partial charge in [0.1, 0.15) is 5.75 Å². The third-order valence-electron chi connectivity index (χ3n) is 4.72. The van der Waals surface area contributed by atoms with E-state index in [-0.39, 0.29) is 5.75 Å². The van der Waals surface area contributed by atoms with Crippen molar-refractivity contribution in [2.75, 3.05) is 12.9 Å². The van der Waals surface area contributed by atoms with Gasteiger partial charge in [-0.15, -0.1) is 0 Å². The third-order valence-corrected chi connectivity index (χ3v) is 6.62. The molecule has 0 aromatic heterocycles. The van der Waals surface area contributed by atoms with Crippen LogP contribution < -0.4 is 4.74 Å². The summed E-state index contributed by atoms with van der Waals surface area (Å²) in [7, 11) is -1.60. The predicted molar refractivity (Wildman–Crippen MR) is 95.9 cm³/mol. The first-order valence-corrected chi connectivity index (χ1v) is 10.1. The van der Waals surface area contributed by atoms with Gasteiger partial charge in [-0.3, -0.25) is 0 Å². The molecule has 0 amide bonds. The Hall–Kier alpha value is -1.81. The molecule has 0 atom stereocenters. The zero-order valence-corrected chi connectivity index (χ0v) is 14.8. The molecule has 127 valence electrons. The van der Waals surface area contributed by atoms with Crippen LogP contribution in [0.15, 0.2) is 47.4 Å². The molecule has 0 N–H and O–H groups in total.